The summed E-state index contributed by atoms with van der Waals surface area (Å²) in [5.74, 6) is -1.54. The lowest BCUT2D eigenvalue weighted by Crippen LogP contribution is -2.22. The molecule has 0 bridgehead atoms. The zero-order valence-corrected chi connectivity index (χ0v) is 16.5. The van der Waals surface area contributed by atoms with E-state index in [4.69, 9.17) is 9.47 Å². The van der Waals surface area contributed by atoms with Crippen LogP contribution in [0.4, 0.5) is 0 Å². The Kier molecular flexibility index (Phi) is 6.27. The van der Waals surface area contributed by atoms with E-state index < -0.39 is 17.9 Å². The van der Waals surface area contributed by atoms with Crippen molar-refractivity contribution in [1.29, 1.82) is 0 Å². The fourth-order valence-corrected chi connectivity index (χ4v) is 2.73. The Labute approximate surface area is 150 Å². The summed E-state index contributed by atoms with van der Waals surface area (Å²) in [5.41, 5.74) is 1.45. The third-order valence-electron chi connectivity index (χ3n) is 4.23. The predicted octanol–water partition coefficient (Wildman–Crippen LogP) is 3.81. The number of rotatable bonds is 4. The minimum atomic E-state index is -0.778. The highest BCUT2D eigenvalue weighted by molar-refractivity contribution is 5.84. The maximum absolute atomic E-state index is 12.3. The number of carbonyl (C=O) groups excluding carboxylic acids is 2. The van der Waals surface area contributed by atoms with Gasteiger partial charge in [-0.1, -0.05) is 53.7 Å². The molecule has 1 atom stereocenters. The SMILES string of the molecule is COC(=O)CC(C(=O)OC)c1cc(C(C)(C)C)c(O)c(C(C)(C)C)c1. The molecule has 0 saturated carbocycles. The second-order valence-electron chi connectivity index (χ2n) is 8.32. The molecule has 0 aromatic heterocycles. The van der Waals surface area contributed by atoms with Crippen molar-refractivity contribution in [2.45, 2.75) is 64.7 Å². The van der Waals surface area contributed by atoms with Crippen LogP contribution in [0.2, 0.25) is 0 Å². The van der Waals surface area contributed by atoms with Crippen molar-refractivity contribution < 1.29 is 24.2 Å². The fraction of sp³-hybridized carbons (Fsp3) is 0.600. The highest BCUT2D eigenvalue weighted by Gasteiger charge is 2.31. The van der Waals surface area contributed by atoms with Gasteiger partial charge in [-0.2, -0.15) is 0 Å². The van der Waals surface area contributed by atoms with Gasteiger partial charge in [0.1, 0.15) is 5.75 Å². The van der Waals surface area contributed by atoms with Gasteiger partial charge in [-0.05, 0) is 27.5 Å². The van der Waals surface area contributed by atoms with Gasteiger partial charge in [0.15, 0.2) is 0 Å². The third-order valence-corrected chi connectivity index (χ3v) is 4.23. The van der Waals surface area contributed by atoms with Gasteiger partial charge in [0, 0.05) is 0 Å². The number of phenolic OH excluding ortho intramolecular Hbond substituents is 1. The topological polar surface area (TPSA) is 72.8 Å². The third kappa shape index (κ3) is 4.97. The van der Waals surface area contributed by atoms with E-state index in [0.29, 0.717) is 5.56 Å². The fourth-order valence-electron chi connectivity index (χ4n) is 2.73. The zero-order valence-electron chi connectivity index (χ0n) is 16.5. The van der Waals surface area contributed by atoms with Crippen LogP contribution in [0.1, 0.15) is 70.6 Å². The maximum atomic E-state index is 12.3. The van der Waals surface area contributed by atoms with Gasteiger partial charge in [-0.15, -0.1) is 0 Å². The van der Waals surface area contributed by atoms with Crippen LogP contribution in [0.15, 0.2) is 12.1 Å². The van der Waals surface area contributed by atoms with Crippen LogP contribution in [0.5, 0.6) is 5.75 Å². The average Bonchev–Trinajstić information content (AvgIpc) is 2.49. The molecule has 0 amide bonds. The number of methoxy groups -OCH3 is 2. The maximum Gasteiger partial charge on any atom is 0.313 e. The number of phenols is 1. The van der Waals surface area contributed by atoms with Crippen LogP contribution >= 0.6 is 0 Å². The lowest BCUT2D eigenvalue weighted by atomic mass is 9.76. The summed E-state index contributed by atoms with van der Waals surface area (Å²) < 4.78 is 9.60. The number of ether oxygens (including phenoxy) is 2. The second-order valence-corrected chi connectivity index (χ2v) is 8.32. The monoisotopic (exact) mass is 350 g/mol. The van der Waals surface area contributed by atoms with Gasteiger partial charge in [0.2, 0.25) is 0 Å². The molecule has 5 nitrogen and oxygen atoms in total. The standard InChI is InChI=1S/C20H30O5/c1-19(2,3)14-9-12(10-15(17(14)22)20(4,5)6)13(18(23)25-8)11-16(21)24-7/h9-10,13,22H,11H2,1-8H3. The first kappa shape index (κ1) is 21.0. The molecule has 0 aliphatic rings. The Morgan fingerprint density at radius 2 is 1.40 bits per heavy atom. The van der Waals surface area contributed by atoms with Crippen LogP contribution in [0.3, 0.4) is 0 Å². The molecule has 0 radical (unpaired) electrons. The molecule has 140 valence electrons. The van der Waals surface area contributed by atoms with Crippen molar-refractivity contribution in [3.63, 3.8) is 0 Å². The lowest BCUT2D eigenvalue weighted by Gasteiger charge is -2.29. The molecular formula is C20H30O5. The van der Waals surface area contributed by atoms with E-state index in [2.05, 4.69) is 0 Å². The molecule has 0 aliphatic heterocycles. The number of hydrogen-bond acceptors (Lipinski definition) is 5. The van der Waals surface area contributed by atoms with Crippen LogP contribution in [0, 0.1) is 0 Å². The molecule has 1 aromatic carbocycles. The number of benzene rings is 1. The zero-order chi connectivity index (χ0) is 19.6. The Hall–Kier alpha value is -2.04. The van der Waals surface area contributed by atoms with Crippen LogP contribution in [0.25, 0.3) is 0 Å². The van der Waals surface area contributed by atoms with Gasteiger partial charge in [-0.3, -0.25) is 9.59 Å². The van der Waals surface area contributed by atoms with Gasteiger partial charge in [0.05, 0.1) is 26.6 Å². The highest BCUT2D eigenvalue weighted by atomic mass is 16.5. The number of esters is 2. The molecular weight excluding hydrogens is 320 g/mol. The largest absolute Gasteiger partial charge is 0.507 e. The summed E-state index contributed by atoms with van der Waals surface area (Å²) in [4.78, 5) is 24.0. The van der Waals surface area contributed by atoms with E-state index in [1.54, 1.807) is 12.1 Å². The van der Waals surface area contributed by atoms with E-state index in [-0.39, 0.29) is 23.0 Å². The van der Waals surface area contributed by atoms with Crippen molar-refractivity contribution in [1.82, 2.24) is 0 Å². The first-order valence-electron chi connectivity index (χ1n) is 8.35. The summed E-state index contributed by atoms with van der Waals surface area (Å²) in [6.07, 6.45) is -0.110. The normalized spacial score (nSPS) is 13.3. The number of aromatic hydroxyl groups is 1. The number of carbonyl (C=O) groups is 2. The van der Waals surface area contributed by atoms with Gasteiger partial charge < -0.3 is 14.6 Å². The molecule has 1 rings (SSSR count). The Morgan fingerprint density at radius 1 is 0.960 bits per heavy atom. The smallest absolute Gasteiger partial charge is 0.313 e. The van der Waals surface area contributed by atoms with Crippen LogP contribution in [-0.4, -0.2) is 31.3 Å². The molecule has 1 unspecified atom stereocenters. The molecule has 5 heteroatoms. The van der Waals surface area contributed by atoms with E-state index in [1.807, 2.05) is 41.5 Å². The summed E-state index contributed by atoms with van der Waals surface area (Å²) >= 11 is 0. The summed E-state index contributed by atoms with van der Waals surface area (Å²) in [6.45, 7) is 12.0. The second kappa shape index (κ2) is 7.46. The van der Waals surface area contributed by atoms with E-state index in [0.717, 1.165) is 11.1 Å². The van der Waals surface area contributed by atoms with Crippen LogP contribution < -0.4 is 0 Å². The van der Waals surface area contributed by atoms with E-state index >= 15 is 0 Å². The van der Waals surface area contributed by atoms with Crippen molar-refractivity contribution >= 4 is 11.9 Å². The molecule has 0 fully saturated rings. The predicted molar refractivity (Wildman–Crippen MR) is 96.9 cm³/mol. The quantitative estimate of drug-likeness (QED) is 0.836. The molecule has 0 heterocycles. The average molecular weight is 350 g/mol. The Balaban J connectivity index is 3.65. The molecule has 0 saturated heterocycles. The van der Waals surface area contributed by atoms with Crippen molar-refractivity contribution in [3.8, 4) is 5.75 Å². The van der Waals surface area contributed by atoms with Crippen molar-refractivity contribution in [3.05, 3.63) is 28.8 Å². The van der Waals surface area contributed by atoms with Gasteiger partial charge in [0.25, 0.3) is 0 Å². The molecule has 0 spiro atoms. The summed E-state index contributed by atoms with van der Waals surface area (Å²) in [5, 5.41) is 10.8. The van der Waals surface area contributed by atoms with Crippen molar-refractivity contribution in [2.24, 2.45) is 0 Å². The van der Waals surface area contributed by atoms with Gasteiger partial charge in [-0.25, -0.2) is 0 Å². The highest BCUT2D eigenvalue weighted by Crippen LogP contribution is 2.41. The molecule has 1 aromatic rings. The van der Waals surface area contributed by atoms with Crippen LogP contribution in [-0.2, 0) is 29.9 Å². The first-order chi connectivity index (χ1) is 11.3. The number of hydrogen-bond donors (Lipinski definition) is 1. The first-order valence-corrected chi connectivity index (χ1v) is 8.35. The minimum Gasteiger partial charge on any atom is -0.507 e. The Morgan fingerprint density at radius 3 is 1.72 bits per heavy atom. The van der Waals surface area contributed by atoms with E-state index in [9.17, 15) is 14.7 Å². The van der Waals surface area contributed by atoms with Gasteiger partial charge >= 0.3 is 11.9 Å². The van der Waals surface area contributed by atoms with E-state index in [1.165, 1.54) is 14.2 Å². The molecule has 1 N–H and O–H groups in total. The summed E-state index contributed by atoms with van der Waals surface area (Å²) in [6, 6.07) is 3.57. The molecule has 25 heavy (non-hydrogen) atoms. The Bertz CT molecular complexity index is 612. The molecule has 0 aliphatic carbocycles. The minimum absolute atomic E-state index is 0.110. The van der Waals surface area contributed by atoms with Crippen molar-refractivity contribution in [2.75, 3.05) is 14.2 Å². The summed E-state index contributed by atoms with van der Waals surface area (Å²) in [7, 11) is 2.58. The lowest BCUT2D eigenvalue weighted by molar-refractivity contribution is -0.149.